The van der Waals surface area contributed by atoms with Gasteiger partial charge in [-0.15, -0.1) is 0 Å². The number of phenolic OH excluding ortho intramolecular Hbond substituents is 1. The van der Waals surface area contributed by atoms with E-state index >= 15 is 0 Å². The number of hydrogen-bond acceptors (Lipinski definition) is 6. The summed E-state index contributed by atoms with van der Waals surface area (Å²) in [6, 6.07) is 10.8. The molecule has 0 unspecified atom stereocenters. The Morgan fingerprint density at radius 3 is 2.50 bits per heavy atom. The van der Waals surface area contributed by atoms with Crippen LogP contribution in [0.1, 0.15) is 20.7 Å². The van der Waals surface area contributed by atoms with E-state index in [2.05, 4.69) is 20.0 Å². The Morgan fingerprint density at radius 1 is 1.14 bits per heavy atom. The number of nitrogens with zero attached hydrogens (tertiary/aromatic N) is 1. The fourth-order valence-corrected chi connectivity index (χ4v) is 2.55. The van der Waals surface area contributed by atoms with Crippen LogP contribution < -0.4 is 10.9 Å². The molecule has 0 aliphatic rings. The molecule has 28 heavy (non-hydrogen) atoms. The average molecular weight is 400 g/mol. The van der Waals surface area contributed by atoms with Gasteiger partial charge < -0.3 is 20.1 Å². The molecule has 0 saturated carbocycles. The molecule has 3 aromatic rings. The van der Waals surface area contributed by atoms with Gasteiger partial charge in [0.05, 0.1) is 12.8 Å². The van der Waals surface area contributed by atoms with Gasteiger partial charge in [0, 0.05) is 16.8 Å². The summed E-state index contributed by atoms with van der Waals surface area (Å²) in [5, 5.41) is 13.1. The number of nitrogens with one attached hydrogen (secondary N) is 2. The lowest BCUT2D eigenvalue weighted by atomic mass is 10.1. The summed E-state index contributed by atoms with van der Waals surface area (Å²) in [7, 11) is 1.17. The summed E-state index contributed by atoms with van der Waals surface area (Å²) in [5.41, 5.74) is -0.474. The van der Waals surface area contributed by atoms with Gasteiger partial charge in [-0.2, -0.15) is 0 Å². The third kappa shape index (κ3) is 3.86. The molecular formula is C19H14ClN3O5. The smallest absolute Gasteiger partial charge is 0.341 e. The van der Waals surface area contributed by atoms with Crippen molar-refractivity contribution in [2.45, 2.75) is 0 Å². The van der Waals surface area contributed by atoms with Gasteiger partial charge in [-0.3, -0.25) is 9.59 Å². The number of benzene rings is 2. The number of carbonyl (C=O) groups is 2. The molecule has 0 saturated heterocycles. The van der Waals surface area contributed by atoms with E-state index in [0.717, 1.165) is 6.20 Å². The first-order chi connectivity index (χ1) is 13.4. The Kier molecular flexibility index (Phi) is 5.42. The molecule has 1 amide bonds. The van der Waals surface area contributed by atoms with E-state index in [1.165, 1.54) is 25.3 Å². The molecule has 1 aromatic heterocycles. The number of halogens is 1. The fourth-order valence-electron chi connectivity index (χ4n) is 2.42. The molecule has 2 aromatic carbocycles. The van der Waals surface area contributed by atoms with Crippen LogP contribution in [-0.2, 0) is 4.74 Å². The first-order valence-electron chi connectivity index (χ1n) is 7.97. The van der Waals surface area contributed by atoms with Crippen molar-refractivity contribution in [1.82, 2.24) is 9.97 Å². The van der Waals surface area contributed by atoms with E-state index in [4.69, 9.17) is 11.6 Å². The zero-order valence-corrected chi connectivity index (χ0v) is 15.3. The Bertz CT molecular complexity index is 1110. The second kappa shape index (κ2) is 7.93. The molecule has 0 spiro atoms. The maximum atomic E-state index is 12.4. The highest BCUT2D eigenvalue weighted by atomic mass is 35.5. The standard InChI is InChI=1S/C19H14ClN3O5/c1-28-19(27)12-3-2-4-14(15(12)24)22-17(25)13-9-21-16(23-18(13)26)10-5-7-11(20)8-6-10/h2-9,24H,1H3,(H,22,25)(H,21,23,26). The van der Waals surface area contributed by atoms with Crippen LogP contribution in [0.5, 0.6) is 5.75 Å². The van der Waals surface area contributed by atoms with Gasteiger partial charge in [0.1, 0.15) is 17.0 Å². The van der Waals surface area contributed by atoms with Gasteiger partial charge in [0.2, 0.25) is 0 Å². The summed E-state index contributed by atoms with van der Waals surface area (Å²) in [5.74, 6) is -1.76. The molecule has 0 aliphatic heterocycles. The fraction of sp³-hybridized carbons (Fsp3) is 0.0526. The van der Waals surface area contributed by atoms with Crippen LogP contribution in [0.3, 0.4) is 0 Å². The number of carbonyl (C=O) groups excluding carboxylic acids is 2. The van der Waals surface area contributed by atoms with E-state index in [1.807, 2.05) is 0 Å². The van der Waals surface area contributed by atoms with Crippen LogP contribution in [0.2, 0.25) is 5.02 Å². The number of esters is 1. The molecule has 0 fully saturated rings. The first-order valence-corrected chi connectivity index (χ1v) is 8.35. The number of para-hydroxylation sites is 1. The second-order valence-electron chi connectivity index (χ2n) is 5.63. The zero-order chi connectivity index (χ0) is 20.3. The van der Waals surface area contributed by atoms with Crippen LogP contribution >= 0.6 is 11.6 Å². The van der Waals surface area contributed by atoms with Gasteiger partial charge in [0.15, 0.2) is 5.75 Å². The van der Waals surface area contributed by atoms with E-state index < -0.39 is 23.2 Å². The lowest BCUT2D eigenvalue weighted by Gasteiger charge is -2.10. The summed E-state index contributed by atoms with van der Waals surface area (Å²) < 4.78 is 4.56. The monoisotopic (exact) mass is 399 g/mol. The summed E-state index contributed by atoms with van der Waals surface area (Å²) >= 11 is 5.83. The molecule has 9 heteroatoms. The van der Waals surface area contributed by atoms with Crippen molar-refractivity contribution in [3.05, 3.63) is 75.2 Å². The Balaban J connectivity index is 1.87. The van der Waals surface area contributed by atoms with Crippen molar-refractivity contribution < 1.29 is 19.4 Å². The second-order valence-corrected chi connectivity index (χ2v) is 6.07. The number of aromatic hydroxyl groups is 1. The largest absolute Gasteiger partial charge is 0.505 e. The zero-order valence-electron chi connectivity index (χ0n) is 14.5. The number of anilines is 1. The Hall–Kier alpha value is -3.65. The predicted octanol–water partition coefficient (Wildman–Crippen LogP) is 2.83. The van der Waals surface area contributed by atoms with Crippen molar-refractivity contribution >= 4 is 29.2 Å². The minimum atomic E-state index is -0.797. The quantitative estimate of drug-likeness (QED) is 0.458. The lowest BCUT2D eigenvalue weighted by molar-refractivity contribution is 0.0597. The van der Waals surface area contributed by atoms with Gasteiger partial charge in [-0.25, -0.2) is 9.78 Å². The molecule has 0 atom stereocenters. The number of ether oxygens (including phenoxy) is 1. The van der Waals surface area contributed by atoms with Crippen LogP contribution in [0, 0.1) is 0 Å². The summed E-state index contributed by atoms with van der Waals surface area (Å²) in [6.07, 6.45) is 1.12. The third-order valence-electron chi connectivity index (χ3n) is 3.85. The minimum absolute atomic E-state index is 0.0472. The highest BCUT2D eigenvalue weighted by molar-refractivity contribution is 6.30. The number of amides is 1. The molecule has 0 aliphatic carbocycles. The molecule has 0 radical (unpaired) electrons. The normalized spacial score (nSPS) is 10.4. The number of aromatic amines is 1. The van der Waals surface area contributed by atoms with Crippen LogP contribution in [0.15, 0.2) is 53.5 Å². The van der Waals surface area contributed by atoms with Gasteiger partial charge in [-0.05, 0) is 36.4 Å². The third-order valence-corrected chi connectivity index (χ3v) is 4.10. The maximum absolute atomic E-state index is 12.4. The molecule has 142 valence electrons. The Morgan fingerprint density at radius 2 is 1.86 bits per heavy atom. The van der Waals surface area contributed by atoms with E-state index in [1.54, 1.807) is 24.3 Å². The summed E-state index contributed by atoms with van der Waals surface area (Å²) in [4.78, 5) is 42.9. The lowest BCUT2D eigenvalue weighted by Crippen LogP contribution is -2.24. The average Bonchev–Trinajstić information content (AvgIpc) is 2.69. The molecule has 3 N–H and O–H groups in total. The highest BCUT2D eigenvalue weighted by Crippen LogP contribution is 2.28. The van der Waals surface area contributed by atoms with E-state index in [9.17, 15) is 19.5 Å². The van der Waals surface area contributed by atoms with Crippen LogP contribution in [0.4, 0.5) is 5.69 Å². The molecule has 3 rings (SSSR count). The van der Waals surface area contributed by atoms with E-state index in [0.29, 0.717) is 10.6 Å². The number of methoxy groups -OCH3 is 1. The minimum Gasteiger partial charge on any atom is -0.505 e. The number of aromatic nitrogens is 2. The van der Waals surface area contributed by atoms with E-state index in [-0.39, 0.29) is 22.6 Å². The topological polar surface area (TPSA) is 121 Å². The SMILES string of the molecule is COC(=O)c1cccc(NC(=O)c2cnc(-c3ccc(Cl)cc3)[nH]c2=O)c1O. The van der Waals surface area contributed by atoms with Gasteiger partial charge in [0.25, 0.3) is 11.5 Å². The molecular weight excluding hydrogens is 386 g/mol. The van der Waals surface area contributed by atoms with Crippen molar-refractivity contribution in [3.8, 4) is 17.1 Å². The van der Waals surface area contributed by atoms with Crippen molar-refractivity contribution in [2.75, 3.05) is 12.4 Å². The van der Waals surface area contributed by atoms with Crippen LogP contribution in [0.25, 0.3) is 11.4 Å². The molecule has 0 bridgehead atoms. The molecule has 1 heterocycles. The highest BCUT2D eigenvalue weighted by Gasteiger charge is 2.18. The van der Waals surface area contributed by atoms with Crippen molar-refractivity contribution in [1.29, 1.82) is 0 Å². The van der Waals surface area contributed by atoms with Crippen molar-refractivity contribution in [3.63, 3.8) is 0 Å². The summed E-state index contributed by atoms with van der Waals surface area (Å²) in [6.45, 7) is 0. The van der Waals surface area contributed by atoms with Gasteiger partial charge >= 0.3 is 5.97 Å². The van der Waals surface area contributed by atoms with Crippen LogP contribution in [-0.4, -0.2) is 34.1 Å². The van der Waals surface area contributed by atoms with Crippen molar-refractivity contribution in [2.24, 2.45) is 0 Å². The number of H-pyrrole nitrogens is 1. The maximum Gasteiger partial charge on any atom is 0.341 e. The van der Waals surface area contributed by atoms with Gasteiger partial charge in [-0.1, -0.05) is 17.7 Å². The number of rotatable bonds is 4. The predicted molar refractivity (Wildman–Crippen MR) is 103 cm³/mol. The number of hydrogen-bond donors (Lipinski definition) is 3. The molecule has 8 nitrogen and oxygen atoms in total. The number of phenols is 1. The Labute approximate surface area is 163 Å². The first kappa shape index (κ1) is 19.1.